The molecule has 0 spiro atoms. The van der Waals surface area contributed by atoms with E-state index in [0.29, 0.717) is 11.3 Å². The highest BCUT2D eigenvalue weighted by Gasteiger charge is 2.30. The largest absolute Gasteiger partial charge is 0.422 e. The van der Waals surface area contributed by atoms with E-state index in [1.54, 1.807) is 0 Å². The van der Waals surface area contributed by atoms with Crippen molar-refractivity contribution in [2.75, 3.05) is 0 Å². The summed E-state index contributed by atoms with van der Waals surface area (Å²) in [7, 11) is 0. The van der Waals surface area contributed by atoms with Gasteiger partial charge in [0.1, 0.15) is 5.75 Å². The molecular weight excluding hydrogens is 248 g/mol. The molecule has 0 aliphatic carbocycles. The van der Waals surface area contributed by atoms with E-state index in [2.05, 4.69) is 0 Å². The summed E-state index contributed by atoms with van der Waals surface area (Å²) in [4.78, 5) is 12.2. The van der Waals surface area contributed by atoms with Crippen LogP contribution in [-0.4, -0.2) is 5.97 Å². The third kappa shape index (κ3) is 1.94. The fraction of sp³-hybridized carbons (Fsp3) is 0.167. The first kappa shape index (κ1) is 12.7. The fourth-order valence-electron chi connectivity index (χ4n) is 2.72. The van der Waals surface area contributed by atoms with Crippen LogP contribution < -0.4 is 4.74 Å². The zero-order valence-electron chi connectivity index (χ0n) is 11.9. The molecule has 0 bridgehead atoms. The molecule has 0 amide bonds. The van der Waals surface area contributed by atoms with Crippen molar-refractivity contribution in [1.82, 2.24) is 0 Å². The van der Waals surface area contributed by atoms with Crippen LogP contribution in [0.3, 0.4) is 0 Å². The van der Waals surface area contributed by atoms with E-state index in [-0.39, 0.29) is 5.97 Å². The van der Waals surface area contributed by atoms with Gasteiger partial charge in [0.25, 0.3) is 0 Å². The molecular formula is C18H16O2. The fourth-order valence-corrected chi connectivity index (χ4v) is 2.72. The van der Waals surface area contributed by atoms with Gasteiger partial charge < -0.3 is 4.74 Å². The molecule has 100 valence electrons. The SMILES string of the molecule is C/C(=C1\C(=O)Oc2c(C)cc(C)cc21)c1ccccc1. The number of hydrogen-bond donors (Lipinski definition) is 0. The number of esters is 1. The van der Waals surface area contributed by atoms with Crippen LogP contribution in [0.1, 0.15) is 29.2 Å². The van der Waals surface area contributed by atoms with E-state index in [4.69, 9.17) is 4.74 Å². The number of carbonyl (C=O) groups is 1. The molecule has 0 saturated carbocycles. The van der Waals surface area contributed by atoms with E-state index in [0.717, 1.165) is 27.8 Å². The van der Waals surface area contributed by atoms with Crippen molar-refractivity contribution in [3.8, 4) is 5.75 Å². The maximum absolute atomic E-state index is 12.2. The van der Waals surface area contributed by atoms with E-state index in [9.17, 15) is 4.79 Å². The van der Waals surface area contributed by atoms with Crippen LogP contribution >= 0.6 is 0 Å². The molecule has 0 aromatic heterocycles. The van der Waals surface area contributed by atoms with Crippen molar-refractivity contribution in [2.45, 2.75) is 20.8 Å². The molecule has 0 fully saturated rings. The van der Waals surface area contributed by atoms with Gasteiger partial charge in [-0.05, 0) is 49.1 Å². The Bertz CT molecular complexity index is 725. The molecule has 1 heterocycles. The normalized spacial score (nSPS) is 15.8. The van der Waals surface area contributed by atoms with E-state index >= 15 is 0 Å². The van der Waals surface area contributed by atoms with E-state index in [1.807, 2.05) is 63.2 Å². The first-order chi connectivity index (χ1) is 9.58. The zero-order chi connectivity index (χ0) is 14.3. The second-order valence-corrected chi connectivity index (χ2v) is 5.21. The molecule has 2 nitrogen and oxygen atoms in total. The smallest absolute Gasteiger partial charge is 0.344 e. The van der Waals surface area contributed by atoms with Gasteiger partial charge in [-0.1, -0.05) is 36.4 Å². The zero-order valence-corrected chi connectivity index (χ0v) is 11.9. The van der Waals surface area contributed by atoms with E-state index in [1.165, 1.54) is 0 Å². The van der Waals surface area contributed by atoms with Gasteiger partial charge in [0.05, 0.1) is 5.57 Å². The molecule has 0 unspecified atom stereocenters. The number of carbonyl (C=O) groups excluding carboxylic acids is 1. The van der Waals surface area contributed by atoms with Gasteiger partial charge in [0.2, 0.25) is 0 Å². The average molecular weight is 264 g/mol. The van der Waals surface area contributed by atoms with Gasteiger partial charge >= 0.3 is 5.97 Å². The third-order valence-electron chi connectivity index (χ3n) is 3.67. The van der Waals surface area contributed by atoms with Gasteiger partial charge in [-0.2, -0.15) is 0 Å². The van der Waals surface area contributed by atoms with Crippen LogP contribution in [0.15, 0.2) is 42.5 Å². The van der Waals surface area contributed by atoms with Crippen LogP contribution in [0.25, 0.3) is 11.1 Å². The molecule has 2 heteroatoms. The Morgan fingerprint density at radius 3 is 2.45 bits per heavy atom. The highest BCUT2D eigenvalue weighted by atomic mass is 16.5. The summed E-state index contributed by atoms with van der Waals surface area (Å²) in [6.07, 6.45) is 0. The van der Waals surface area contributed by atoms with Crippen molar-refractivity contribution in [1.29, 1.82) is 0 Å². The van der Waals surface area contributed by atoms with Gasteiger partial charge in [-0.15, -0.1) is 0 Å². The Hall–Kier alpha value is -2.35. The summed E-state index contributed by atoms with van der Waals surface area (Å²) >= 11 is 0. The maximum atomic E-state index is 12.2. The minimum absolute atomic E-state index is 0.255. The molecule has 3 rings (SSSR count). The monoisotopic (exact) mass is 264 g/mol. The quantitative estimate of drug-likeness (QED) is 0.439. The predicted molar refractivity (Wildman–Crippen MR) is 80.5 cm³/mol. The number of hydrogen-bond acceptors (Lipinski definition) is 2. The van der Waals surface area contributed by atoms with Gasteiger partial charge in [-0.3, -0.25) is 0 Å². The number of benzene rings is 2. The predicted octanol–water partition coefficient (Wildman–Crippen LogP) is 4.15. The molecule has 0 N–H and O–H groups in total. The summed E-state index contributed by atoms with van der Waals surface area (Å²) in [5.41, 5.74) is 5.74. The average Bonchev–Trinajstić information content (AvgIpc) is 2.76. The van der Waals surface area contributed by atoms with E-state index < -0.39 is 0 Å². The Balaban J connectivity index is 2.25. The van der Waals surface area contributed by atoms with Crippen molar-refractivity contribution in [3.05, 3.63) is 64.7 Å². The lowest BCUT2D eigenvalue weighted by Gasteiger charge is -2.06. The topological polar surface area (TPSA) is 26.3 Å². The molecule has 0 radical (unpaired) electrons. The van der Waals surface area contributed by atoms with Crippen LogP contribution in [-0.2, 0) is 4.79 Å². The standard InChI is InChI=1S/C18H16O2/c1-11-9-12(2)17-15(10-11)16(18(19)20-17)13(3)14-7-5-4-6-8-14/h4-10H,1-3H3/b16-13+. The van der Waals surface area contributed by atoms with Crippen molar-refractivity contribution >= 4 is 17.1 Å². The first-order valence-corrected chi connectivity index (χ1v) is 6.68. The molecule has 2 aromatic rings. The second kappa shape index (κ2) is 4.64. The number of rotatable bonds is 1. The van der Waals surface area contributed by atoms with Gasteiger partial charge in [-0.25, -0.2) is 4.79 Å². The highest BCUT2D eigenvalue weighted by molar-refractivity contribution is 6.28. The number of aryl methyl sites for hydroxylation is 2. The van der Waals surface area contributed by atoms with Crippen molar-refractivity contribution in [2.24, 2.45) is 0 Å². The molecule has 0 atom stereocenters. The third-order valence-corrected chi connectivity index (χ3v) is 3.67. The summed E-state index contributed by atoms with van der Waals surface area (Å²) in [5.74, 6) is 0.445. The highest BCUT2D eigenvalue weighted by Crippen LogP contribution is 2.41. The first-order valence-electron chi connectivity index (χ1n) is 6.68. The minimum atomic E-state index is -0.255. The molecule has 1 aliphatic heterocycles. The van der Waals surface area contributed by atoms with Crippen molar-refractivity contribution < 1.29 is 9.53 Å². The number of ether oxygens (including phenoxy) is 1. The van der Waals surface area contributed by atoms with Gasteiger partial charge in [0.15, 0.2) is 0 Å². The Morgan fingerprint density at radius 2 is 1.75 bits per heavy atom. The summed E-state index contributed by atoms with van der Waals surface area (Å²) in [5, 5.41) is 0. The Morgan fingerprint density at radius 1 is 1.05 bits per heavy atom. The van der Waals surface area contributed by atoms with Gasteiger partial charge in [0, 0.05) is 5.56 Å². The van der Waals surface area contributed by atoms with Crippen LogP contribution in [0, 0.1) is 13.8 Å². The lowest BCUT2D eigenvalue weighted by Crippen LogP contribution is -2.02. The Labute approximate surface area is 118 Å². The second-order valence-electron chi connectivity index (χ2n) is 5.21. The molecule has 20 heavy (non-hydrogen) atoms. The van der Waals surface area contributed by atoms with Crippen molar-refractivity contribution in [3.63, 3.8) is 0 Å². The van der Waals surface area contributed by atoms with Crippen LogP contribution in [0.5, 0.6) is 5.75 Å². The van der Waals surface area contributed by atoms with Crippen LogP contribution in [0.4, 0.5) is 0 Å². The van der Waals surface area contributed by atoms with Crippen LogP contribution in [0.2, 0.25) is 0 Å². The summed E-state index contributed by atoms with van der Waals surface area (Å²) in [6, 6.07) is 14.0. The molecule has 2 aromatic carbocycles. The lowest BCUT2D eigenvalue weighted by atomic mass is 9.94. The number of fused-ring (bicyclic) bond motifs is 1. The lowest BCUT2D eigenvalue weighted by molar-refractivity contribution is -0.126. The Kier molecular flexibility index (Phi) is 2.94. The summed E-state index contributed by atoms with van der Waals surface area (Å²) in [6.45, 7) is 5.98. The minimum Gasteiger partial charge on any atom is -0.422 e. The molecule has 0 saturated heterocycles. The number of allylic oxidation sites excluding steroid dienone is 1. The molecule has 1 aliphatic rings. The summed E-state index contributed by atoms with van der Waals surface area (Å²) < 4.78 is 5.45. The maximum Gasteiger partial charge on any atom is 0.344 e.